The van der Waals surface area contributed by atoms with E-state index in [1.165, 1.54) is 11.1 Å². The maximum absolute atomic E-state index is 5.50. The Morgan fingerprint density at radius 1 is 1.00 bits per heavy atom. The zero-order valence-corrected chi connectivity index (χ0v) is 14.2. The number of likely N-dealkylation sites (N-methyl/N-ethyl adjacent to an activating group) is 1. The van der Waals surface area contributed by atoms with Crippen molar-refractivity contribution < 1.29 is 4.52 Å². The van der Waals surface area contributed by atoms with Gasteiger partial charge in [0.1, 0.15) is 0 Å². The van der Waals surface area contributed by atoms with Gasteiger partial charge in [0, 0.05) is 18.0 Å². The molecule has 3 rings (SSSR count). The zero-order chi connectivity index (χ0) is 16.8. The van der Waals surface area contributed by atoms with Crippen LogP contribution in [0.3, 0.4) is 0 Å². The molecule has 3 aromatic rings. The largest absolute Gasteiger partial charge is 0.334 e. The lowest BCUT2D eigenvalue weighted by Crippen LogP contribution is -2.24. The summed E-state index contributed by atoms with van der Waals surface area (Å²) in [5, 5.41) is 7.30. The monoisotopic (exact) mass is 321 g/mol. The molecule has 1 unspecified atom stereocenters. The summed E-state index contributed by atoms with van der Waals surface area (Å²) in [6.07, 6.45) is 2.70. The van der Waals surface area contributed by atoms with E-state index >= 15 is 0 Å². The molecule has 0 aliphatic heterocycles. The minimum absolute atomic E-state index is 0.323. The first-order chi connectivity index (χ1) is 11.8. The van der Waals surface area contributed by atoms with Crippen LogP contribution in [0.15, 0.2) is 59.1 Å². The first-order valence-corrected chi connectivity index (χ1v) is 8.38. The summed E-state index contributed by atoms with van der Waals surface area (Å²) in [4.78, 5) is 4.57. The molecule has 1 N–H and O–H groups in total. The molecule has 1 aromatic heterocycles. The van der Waals surface area contributed by atoms with Crippen LogP contribution < -0.4 is 5.32 Å². The maximum atomic E-state index is 5.50. The van der Waals surface area contributed by atoms with Gasteiger partial charge in [-0.15, -0.1) is 0 Å². The van der Waals surface area contributed by atoms with E-state index in [4.69, 9.17) is 4.52 Å². The molecule has 1 atom stereocenters. The van der Waals surface area contributed by atoms with Gasteiger partial charge in [-0.25, -0.2) is 0 Å². The molecule has 0 bridgehead atoms. The van der Waals surface area contributed by atoms with E-state index in [1.807, 2.05) is 19.2 Å². The van der Waals surface area contributed by atoms with Gasteiger partial charge in [-0.3, -0.25) is 0 Å². The molecule has 0 saturated carbocycles. The number of aryl methyl sites for hydroxylation is 2. The average molecular weight is 321 g/mol. The van der Waals surface area contributed by atoms with E-state index in [2.05, 4.69) is 64.8 Å². The minimum Gasteiger partial charge on any atom is -0.334 e. The van der Waals surface area contributed by atoms with Gasteiger partial charge < -0.3 is 9.84 Å². The first kappa shape index (κ1) is 16.4. The summed E-state index contributed by atoms with van der Waals surface area (Å²) in [6.45, 7) is 2.10. The van der Waals surface area contributed by atoms with Gasteiger partial charge in [-0.1, -0.05) is 53.7 Å². The van der Waals surface area contributed by atoms with Crippen molar-refractivity contribution in [2.75, 3.05) is 7.05 Å². The normalized spacial score (nSPS) is 12.2. The quantitative estimate of drug-likeness (QED) is 0.721. The van der Waals surface area contributed by atoms with Crippen LogP contribution in [0.2, 0.25) is 0 Å². The van der Waals surface area contributed by atoms with E-state index in [0.29, 0.717) is 11.9 Å². The van der Waals surface area contributed by atoms with E-state index in [-0.39, 0.29) is 0 Å². The standard InChI is InChI=1S/C20H23N3O/c1-15(21-2)14-19-22-20(24-23-19)18-11-7-6-10-17(18)13-12-16-8-4-3-5-9-16/h3-11,15,21H,12-14H2,1-2H3. The molecular formula is C20H23N3O. The predicted molar refractivity (Wildman–Crippen MR) is 95.8 cm³/mol. The third-order valence-electron chi connectivity index (χ3n) is 4.22. The van der Waals surface area contributed by atoms with Crippen molar-refractivity contribution in [1.29, 1.82) is 0 Å². The van der Waals surface area contributed by atoms with E-state index in [0.717, 1.165) is 30.7 Å². The van der Waals surface area contributed by atoms with Crippen LogP contribution in [0, 0.1) is 0 Å². The van der Waals surface area contributed by atoms with E-state index in [1.54, 1.807) is 0 Å². The van der Waals surface area contributed by atoms with Crippen molar-refractivity contribution in [3.8, 4) is 11.5 Å². The summed E-state index contributed by atoms with van der Waals surface area (Å²) in [5.74, 6) is 1.35. The topological polar surface area (TPSA) is 51.0 Å². The van der Waals surface area contributed by atoms with Crippen LogP contribution in [0.4, 0.5) is 0 Å². The van der Waals surface area contributed by atoms with E-state index < -0.39 is 0 Å². The molecule has 4 nitrogen and oxygen atoms in total. The molecule has 0 radical (unpaired) electrons. The fraction of sp³-hybridized carbons (Fsp3) is 0.300. The Bertz CT molecular complexity index is 767. The van der Waals surface area contributed by atoms with Gasteiger partial charge in [0.15, 0.2) is 5.82 Å². The average Bonchev–Trinajstić information content (AvgIpc) is 3.09. The molecule has 0 amide bonds. The van der Waals surface area contributed by atoms with Crippen molar-refractivity contribution in [2.45, 2.75) is 32.2 Å². The fourth-order valence-electron chi connectivity index (χ4n) is 2.69. The lowest BCUT2D eigenvalue weighted by Gasteiger charge is -2.06. The van der Waals surface area contributed by atoms with Crippen LogP contribution >= 0.6 is 0 Å². The molecule has 0 saturated heterocycles. The number of aromatic nitrogens is 2. The summed E-state index contributed by atoms with van der Waals surface area (Å²) < 4.78 is 5.50. The third kappa shape index (κ3) is 4.09. The number of hydrogen-bond donors (Lipinski definition) is 1. The van der Waals surface area contributed by atoms with Crippen LogP contribution in [0.1, 0.15) is 23.9 Å². The van der Waals surface area contributed by atoms with Gasteiger partial charge in [0.25, 0.3) is 5.89 Å². The van der Waals surface area contributed by atoms with Crippen LogP contribution in [0.25, 0.3) is 11.5 Å². The Morgan fingerprint density at radius 3 is 2.54 bits per heavy atom. The molecule has 0 fully saturated rings. The van der Waals surface area contributed by atoms with Gasteiger partial charge >= 0.3 is 0 Å². The Hall–Kier alpha value is -2.46. The highest BCUT2D eigenvalue weighted by Crippen LogP contribution is 2.23. The highest BCUT2D eigenvalue weighted by molar-refractivity contribution is 5.58. The second-order valence-corrected chi connectivity index (χ2v) is 6.05. The summed E-state index contributed by atoms with van der Waals surface area (Å²) in [5.41, 5.74) is 3.60. The number of benzene rings is 2. The molecule has 24 heavy (non-hydrogen) atoms. The summed E-state index contributed by atoms with van der Waals surface area (Å²) >= 11 is 0. The Morgan fingerprint density at radius 2 is 1.75 bits per heavy atom. The van der Waals surface area contributed by atoms with Crippen molar-refractivity contribution in [3.63, 3.8) is 0 Å². The number of hydrogen-bond acceptors (Lipinski definition) is 4. The van der Waals surface area contributed by atoms with Crippen molar-refractivity contribution in [1.82, 2.24) is 15.5 Å². The van der Waals surface area contributed by atoms with Gasteiger partial charge in [-0.2, -0.15) is 4.98 Å². The first-order valence-electron chi connectivity index (χ1n) is 8.38. The van der Waals surface area contributed by atoms with Gasteiger partial charge in [0.05, 0.1) is 0 Å². The number of nitrogens with zero attached hydrogens (tertiary/aromatic N) is 2. The summed E-state index contributed by atoms with van der Waals surface area (Å²) in [6, 6.07) is 19.1. The highest BCUT2D eigenvalue weighted by Gasteiger charge is 2.14. The molecular weight excluding hydrogens is 298 g/mol. The Balaban J connectivity index is 1.76. The molecule has 2 aromatic carbocycles. The van der Waals surface area contributed by atoms with Crippen molar-refractivity contribution in [3.05, 3.63) is 71.5 Å². The molecule has 0 aliphatic carbocycles. The lowest BCUT2D eigenvalue weighted by molar-refractivity contribution is 0.418. The minimum atomic E-state index is 0.323. The van der Waals surface area contributed by atoms with Gasteiger partial charge in [-0.05, 0) is 44.0 Å². The number of nitrogens with one attached hydrogen (secondary N) is 1. The van der Waals surface area contributed by atoms with Crippen LogP contribution in [0.5, 0.6) is 0 Å². The number of rotatable bonds is 7. The molecule has 4 heteroatoms. The third-order valence-corrected chi connectivity index (χ3v) is 4.22. The maximum Gasteiger partial charge on any atom is 0.258 e. The van der Waals surface area contributed by atoms with Crippen LogP contribution in [-0.4, -0.2) is 23.2 Å². The van der Waals surface area contributed by atoms with Gasteiger partial charge in [0.2, 0.25) is 0 Å². The van der Waals surface area contributed by atoms with E-state index in [9.17, 15) is 0 Å². The van der Waals surface area contributed by atoms with Crippen LogP contribution in [-0.2, 0) is 19.3 Å². The second kappa shape index (κ2) is 7.88. The molecule has 124 valence electrons. The molecule has 1 heterocycles. The van der Waals surface area contributed by atoms with Crippen molar-refractivity contribution in [2.24, 2.45) is 0 Å². The second-order valence-electron chi connectivity index (χ2n) is 6.05. The SMILES string of the molecule is CNC(C)Cc1noc(-c2ccccc2CCc2ccccc2)n1. The fourth-order valence-corrected chi connectivity index (χ4v) is 2.69. The Labute approximate surface area is 142 Å². The zero-order valence-electron chi connectivity index (χ0n) is 14.2. The summed E-state index contributed by atoms with van der Waals surface area (Å²) in [7, 11) is 1.94. The smallest absolute Gasteiger partial charge is 0.258 e. The van der Waals surface area contributed by atoms with Crippen molar-refractivity contribution >= 4 is 0 Å². The molecule has 0 spiro atoms. The Kier molecular flexibility index (Phi) is 5.39. The highest BCUT2D eigenvalue weighted by atomic mass is 16.5. The molecule has 0 aliphatic rings. The predicted octanol–water partition coefficient (Wildman–Crippen LogP) is 3.67. The lowest BCUT2D eigenvalue weighted by atomic mass is 10.00.